The molecule has 0 aliphatic carbocycles. The lowest BCUT2D eigenvalue weighted by molar-refractivity contribution is 0.283. The molecule has 0 amide bonds. The van der Waals surface area contributed by atoms with Crippen molar-refractivity contribution in [3.63, 3.8) is 0 Å². The number of halogens is 1. The lowest BCUT2D eigenvalue weighted by atomic mass is 9.84. The lowest BCUT2D eigenvalue weighted by Crippen LogP contribution is -2.42. The molecule has 1 rings (SSSR count). The molecule has 0 bridgehead atoms. The van der Waals surface area contributed by atoms with Gasteiger partial charge in [0, 0.05) is 25.3 Å². The Morgan fingerprint density at radius 2 is 2.00 bits per heavy atom. The van der Waals surface area contributed by atoms with Crippen molar-refractivity contribution >= 4 is 5.69 Å². The summed E-state index contributed by atoms with van der Waals surface area (Å²) in [5.74, 6) is -0.162. The van der Waals surface area contributed by atoms with Gasteiger partial charge in [-0.1, -0.05) is 33.3 Å². The fraction of sp³-hybridized carbons (Fsp3) is 0.647. The normalized spacial score (nSPS) is 14.1. The molecule has 0 spiro atoms. The molecule has 0 fully saturated rings. The van der Waals surface area contributed by atoms with Gasteiger partial charge in [-0.3, -0.25) is 0 Å². The van der Waals surface area contributed by atoms with Gasteiger partial charge in [0.25, 0.3) is 0 Å². The molecule has 1 atom stereocenters. The van der Waals surface area contributed by atoms with Crippen molar-refractivity contribution in [1.29, 1.82) is 0 Å². The van der Waals surface area contributed by atoms with Gasteiger partial charge in [0.15, 0.2) is 0 Å². The molecule has 0 saturated heterocycles. The third kappa shape index (κ3) is 5.12. The van der Waals surface area contributed by atoms with Gasteiger partial charge in [-0.2, -0.15) is 0 Å². The Kier molecular flexibility index (Phi) is 7.00. The van der Waals surface area contributed by atoms with E-state index in [0.717, 1.165) is 31.9 Å². The van der Waals surface area contributed by atoms with Crippen molar-refractivity contribution in [2.75, 3.05) is 31.1 Å². The van der Waals surface area contributed by atoms with Crippen LogP contribution in [0.5, 0.6) is 0 Å². The number of anilines is 1. The molecular formula is C17H29FN2. The first kappa shape index (κ1) is 17.0. The zero-order chi connectivity index (χ0) is 15.0. The molecule has 0 heterocycles. The third-order valence-electron chi connectivity index (χ3n) is 3.78. The second kappa shape index (κ2) is 8.25. The first-order valence-electron chi connectivity index (χ1n) is 7.76. The van der Waals surface area contributed by atoms with E-state index in [1.807, 2.05) is 6.07 Å². The van der Waals surface area contributed by atoms with Gasteiger partial charge in [0.1, 0.15) is 5.82 Å². The second-order valence-corrected chi connectivity index (χ2v) is 5.84. The second-order valence-electron chi connectivity index (χ2n) is 5.84. The summed E-state index contributed by atoms with van der Waals surface area (Å²) in [7, 11) is 0. The number of rotatable bonds is 9. The summed E-state index contributed by atoms with van der Waals surface area (Å²) < 4.78 is 13.4. The van der Waals surface area contributed by atoms with Crippen LogP contribution < -0.4 is 10.2 Å². The number of benzene rings is 1. The Labute approximate surface area is 123 Å². The molecule has 0 aromatic heterocycles. The van der Waals surface area contributed by atoms with Crippen molar-refractivity contribution in [3.8, 4) is 0 Å². The molecule has 3 heteroatoms. The minimum atomic E-state index is -0.162. The maximum atomic E-state index is 13.4. The average molecular weight is 280 g/mol. The molecule has 0 aliphatic heterocycles. The van der Waals surface area contributed by atoms with Crippen LogP contribution in [0.4, 0.5) is 10.1 Å². The number of nitrogens with one attached hydrogen (secondary N) is 1. The average Bonchev–Trinajstić information content (AvgIpc) is 2.43. The van der Waals surface area contributed by atoms with E-state index in [2.05, 4.69) is 37.9 Å². The smallest absolute Gasteiger partial charge is 0.125 e. The number of hydrogen-bond donors (Lipinski definition) is 1. The van der Waals surface area contributed by atoms with E-state index in [9.17, 15) is 4.39 Å². The summed E-state index contributed by atoms with van der Waals surface area (Å²) in [6.07, 6.45) is 2.34. The first-order chi connectivity index (χ1) is 9.54. The lowest BCUT2D eigenvalue weighted by Gasteiger charge is -2.36. The molecule has 0 saturated carbocycles. The minimum Gasteiger partial charge on any atom is -0.371 e. The summed E-state index contributed by atoms with van der Waals surface area (Å²) in [5.41, 5.74) is 1.19. The Hall–Kier alpha value is -1.09. The SMILES string of the molecule is CCCC(C)(CNCC)CN(CC)c1cccc(F)c1. The van der Waals surface area contributed by atoms with E-state index in [-0.39, 0.29) is 11.2 Å². The summed E-state index contributed by atoms with van der Waals surface area (Å²) >= 11 is 0. The maximum Gasteiger partial charge on any atom is 0.125 e. The highest BCUT2D eigenvalue weighted by Crippen LogP contribution is 2.27. The molecule has 2 nitrogen and oxygen atoms in total. The van der Waals surface area contributed by atoms with E-state index >= 15 is 0 Å². The van der Waals surface area contributed by atoms with Crippen molar-refractivity contribution < 1.29 is 4.39 Å². The third-order valence-corrected chi connectivity index (χ3v) is 3.78. The van der Waals surface area contributed by atoms with E-state index in [0.29, 0.717) is 0 Å². The zero-order valence-electron chi connectivity index (χ0n) is 13.4. The van der Waals surface area contributed by atoms with Crippen LogP contribution >= 0.6 is 0 Å². The molecule has 1 unspecified atom stereocenters. The molecule has 0 aliphatic rings. The fourth-order valence-electron chi connectivity index (χ4n) is 2.77. The van der Waals surface area contributed by atoms with Gasteiger partial charge in [0.2, 0.25) is 0 Å². The monoisotopic (exact) mass is 280 g/mol. The highest BCUT2D eigenvalue weighted by Gasteiger charge is 2.25. The van der Waals surface area contributed by atoms with Crippen molar-refractivity contribution in [2.24, 2.45) is 5.41 Å². The molecule has 114 valence electrons. The van der Waals surface area contributed by atoms with Crippen LogP contribution in [-0.4, -0.2) is 26.2 Å². The number of nitrogens with zero attached hydrogens (tertiary/aromatic N) is 1. The van der Waals surface area contributed by atoms with Crippen LogP contribution in [-0.2, 0) is 0 Å². The van der Waals surface area contributed by atoms with Crippen LogP contribution in [0.1, 0.15) is 40.5 Å². The molecule has 0 radical (unpaired) electrons. The van der Waals surface area contributed by atoms with Crippen LogP contribution in [0.15, 0.2) is 24.3 Å². The molecule has 20 heavy (non-hydrogen) atoms. The fourth-order valence-corrected chi connectivity index (χ4v) is 2.77. The molecule has 1 aromatic rings. The highest BCUT2D eigenvalue weighted by atomic mass is 19.1. The van der Waals surface area contributed by atoms with Gasteiger partial charge >= 0.3 is 0 Å². The van der Waals surface area contributed by atoms with Gasteiger partial charge in [-0.15, -0.1) is 0 Å². The van der Waals surface area contributed by atoms with Crippen molar-refractivity contribution in [3.05, 3.63) is 30.1 Å². The quantitative estimate of drug-likeness (QED) is 0.733. The summed E-state index contributed by atoms with van der Waals surface area (Å²) in [5, 5.41) is 3.47. The molecular weight excluding hydrogens is 251 g/mol. The summed E-state index contributed by atoms with van der Waals surface area (Å²) in [6.45, 7) is 12.7. The van der Waals surface area contributed by atoms with Gasteiger partial charge < -0.3 is 10.2 Å². The Morgan fingerprint density at radius 1 is 1.25 bits per heavy atom. The van der Waals surface area contributed by atoms with E-state index < -0.39 is 0 Å². The maximum absolute atomic E-state index is 13.4. The van der Waals surface area contributed by atoms with Crippen molar-refractivity contribution in [2.45, 2.75) is 40.5 Å². The van der Waals surface area contributed by atoms with Crippen LogP contribution in [0.3, 0.4) is 0 Å². The standard InChI is InChI=1S/C17H29FN2/c1-5-11-17(4,13-19-6-2)14-20(7-3)16-10-8-9-15(18)12-16/h8-10,12,19H,5-7,11,13-14H2,1-4H3. The summed E-state index contributed by atoms with van der Waals surface area (Å²) in [6, 6.07) is 6.91. The highest BCUT2D eigenvalue weighted by molar-refractivity contribution is 5.46. The van der Waals surface area contributed by atoms with Crippen LogP contribution in [0.25, 0.3) is 0 Å². The van der Waals surface area contributed by atoms with E-state index in [1.54, 1.807) is 12.1 Å². The van der Waals surface area contributed by atoms with E-state index in [4.69, 9.17) is 0 Å². The predicted molar refractivity (Wildman–Crippen MR) is 85.8 cm³/mol. The zero-order valence-corrected chi connectivity index (χ0v) is 13.4. The van der Waals surface area contributed by atoms with Gasteiger partial charge in [-0.25, -0.2) is 4.39 Å². The molecule has 1 aromatic carbocycles. The molecule has 1 N–H and O–H groups in total. The predicted octanol–water partition coefficient (Wildman–Crippen LogP) is 4.07. The van der Waals surface area contributed by atoms with Crippen molar-refractivity contribution in [1.82, 2.24) is 5.32 Å². The van der Waals surface area contributed by atoms with Gasteiger partial charge in [0.05, 0.1) is 0 Å². The first-order valence-corrected chi connectivity index (χ1v) is 7.76. The van der Waals surface area contributed by atoms with Crippen LogP contribution in [0.2, 0.25) is 0 Å². The largest absolute Gasteiger partial charge is 0.371 e. The Bertz CT molecular complexity index is 394. The van der Waals surface area contributed by atoms with Crippen LogP contribution in [0, 0.1) is 11.2 Å². The topological polar surface area (TPSA) is 15.3 Å². The van der Waals surface area contributed by atoms with Gasteiger partial charge in [-0.05, 0) is 43.5 Å². The minimum absolute atomic E-state index is 0.162. The Balaban J connectivity index is 2.82. The number of hydrogen-bond acceptors (Lipinski definition) is 2. The summed E-state index contributed by atoms with van der Waals surface area (Å²) in [4.78, 5) is 2.27. The van der Waals surface area contributed by atoms with E-state index in [1.165, 1.54) is 18.9 Å². The Morgan fingerprint density at radius 3 is 2.55 bits per heavy atom.